The Kier molecular flexibility index (Phi) is 6.01. The molecule has 2 aromatic rings. The van der Waals surface area contributed by atoms with Crippen molar-refractivity contribution in [2.24, 2.45) is 0 Å². The predicted octanol–water partition coefficient (Wildman–Crippen LogP) is 5.16. The first-order chi connectivity index (χ1) is 11.3. The summed E-state index contributed by atoms with van der Waals surface area (Å²) in [5.74, 6) is 0.851. The van der Waals surface area contributed by atoms with Crippen LogP contribution in [0.5, 0.6) is 17.2 Å². The number of rotatable bonds is 6. The molecule has 2 aromatic carbocycles. The van der Waals surface area contributed by atoms with Gasteiger partial charge in [-0.3, -0.25) is 0 Å². The van der Waals surface area contributed by atoms with Gasteiger partial charge in [0.15, 0.2) is 0 Å². The van der Waals surface area contributed by atoms with Crippen molar-refractivity contribution < 1.29 is 22.6 Å². The zero-order valence-corrected chi connectivity index (χ0v) is 14.4. The fourth-order valence-corrected chi connectivity index (χ4v) is 2.49. The van der Waals surface area contributed by atoms with Crippen LogP contribution < -0.4 is 9.47 Å². The van der Waals surface area contributed by atoms with Crippen LogP contribution >= 0.6 is 11.8 Å². The molecule has 0 heterocycles. The molecule has 3 nitrogen and oxygen atoms in total. The first kappa shape index (κ1) is 18.5. The predicted molar refractivity (Wildman–Crippen MR) is 88.8 cm³/mol. The van der Waals surface area contributed by atoms with Crippen molar-refractivity contribution in [3.8, 4) is 17.2 Å². The molecular formula is C17H18F3NO2S. The number of hydrogen-bond donors (Lipinski definition) is 0. The number of nitrogens with zero attached hydrogens (tertiary/aromatic N) is 1. The molecule has 130 valence electrons. The van der Waals surface area contributed by atoms with Gasteiger partial charge < -0.3 is 14.4 Å². The fraction of sp³-hybridized carbons (Fsp3) is 0.294. The minimum Gasteiger partial charge on any atom is -0.457 e. The lowest BCUT2D eigenvalue weighted by molar-refractivity contribution is -0.274. The van der Waals surface area contributed by atoms with Crippen LogP contribution in [0.3, 0.4) is 0 Å². The standard InChI is InChI=1S/C17H18F3NO2S/c1-21(2)11-12-4-9-15(24-3)10-16(12)22-13-5-7-14(8-6-13)23-17(18,19)20/h4-10H,11H2,1-3H3. The summed E-state index contributed by atoms with van der Waals surface area (Å²) in [5, 5.41) is 0. The normalized spacial score (nSPS) is 11.6. The number of halogens is 3. The molecule has 0 saturated carbocycles. The number of alkyl halides is 3. The Morgan fingerprint density at radius 2 is 1.62 bits per heavy atom. The average molecular weight is 357 g/mol. The molecule has 7 heteroatoms. The summed E-state index contributed by atoms with van der Waals surface area (Å²) < 4.78 is 46.3. The third-order valence-electron chi connectivity index (χ3n) is 3.05. The minimum atomic E-state index is -4.70. The molecule has 0 aliphatic rings. The maximum atomic E-state index is 12.2. The fourth-order valence-electron chi connectivity index (χ4n) is 2.06. The molecule has 0 saturated heterocycles. The van der Waals surface area contributed by atoms with E-state index in [0.29, 0.717) is 18.0 Å². The van der Waals surface area contributed by atoms with Gasteiger partial charge >= 0.3 is 6.36 Å². The molecule has 24 heavy (non-hydrogen) atoms. The number of hydrogen-bond acceptors (Lipinski definition) is 4. The second kappa shape index (κ2) is 7.81. The quantitative estimate of drug-likeness (QED) is 0.666. The molecule has 0 aliphatic heterocycles. The van der Waals surface area contributed by atoms with Gasteiger partial charge in [0.05, 0.1) is 0 Å². The smallest absolute Gasteiger partial charge is 0.457 e. The lowest BCUT2D eigenvalue weighted by atomic mass is 10.2. The molecule has 0 bridgehead atoms. The van der Waals surface area contributed by atoms with Gasteiger partial charge in [-0.2, -0.15) is 0 Å². The van der Waals surface area contributed by atoms with E-state index in [9.17, 15) is 13.2 Å². The highest BCUT2D eigenvalue weighted by molar-refractivity contribution is 7.98. The molecule has 0 atom stereocenters. The summed E-state index contributed by atoms with van der Waals surface area (Å²) in [6.45, 7) is 0.694. The van der Waals surface area contributed by atoms with E-state index in [0.717, 1.165) is 10.5 Å². The van der Waals surface area contributed by atoms with E-state index in [1.54, 1.807) is 11.8 Å². The van der Waals surface area contributed by atoms with Crippen molar-refractivity contribution in [3.05, 3.63) is 48.0 Å². The van der Waals surface area contributed by atoms with Crippen molar-refractivity contribution in [2.75, 3.05) is 20.4 Å². The molecule has 0 fully saturated rings. The molecule has 0 unspecified atom stereocenters. The van der Waals surface area contributed by atoms with E-state index in [1.165, 1.54) is 24.3 Å². The Labute approximate surface area is 143 Å². The highest BCUT2D eigenvalue weighted by Gasteiger charge is 2.31. The van der Waals surface area contributed by atoms with Crippen LogP contribution in [0.25, 0.3) is 0 Å². The monoisotopic (exact) mass is 357 g/mol. The Bertz CT molecular complexity index is 673. The van der Waals surface area contributed by atoms with Gasteiger partial charge in [0.25, 0.3) is 0 Å². The SMILES string of the molecule is CSc1ccc(CN(C)C)c(Oc2ccc(OC(F)(F)F)cc2)c1. The van der Waals surface area contributed by atoms with Crippen LogP contribution in [0.2, 0.25) is 0 Å². The Hall–Kier alpha value is -1.86. The highest BCUT2D eigenvalue weighted by atomic mass is 32.2. The first-order valence-corrected chi connectivity index (χ1v) is 8.34. The second-order valence-corrected chi connectivity index (χ2v) is 6.21. The average Bonchev–Trinajstić information content (AvgIpc) is 2.49. The molecule has 0 aromatic heterocycles. The van der Waals surface area contributed by atoms with Gasteiger partial charge in [-0.05, 0) is 56.7 Å². The lowest BCUT2D eigenvalue weighted by Gasteiger charge is -2.16. The summed E-state index contributed by atoms with van der Waals surface area (Å²) in [6.07, 6.45) is -2.73. The summed E-state index contributed by atoms with van der Waals surface area (Å²) in [4.78, 5) is 3.06. The Morgan fingerprint density at radius 1 is 1.00 bits per heavy atom. The highest BCUT2D eigenvalue weighted by Crippen LogP contribution is 2.32. The number of ether oxygens (including phenoxy) is 2. The zero-order chi connectivity index (χ0) is 17.7. The van der Waals surface area contributed by atoms with Gasteiger partial charge in [-0.15, -0.1) is 24.9 Å². The minimum absolute atomic E-state index is 0.277. The van der Waals surface area contributed by atoms with Crippen LogP contribution in [0.1, 0.15) is 5.56 Å². The van der Waals surface area contributed by atoms with Crippen molar-refractivity contribution in [2.45, 2.75) is 17.8 Å². The molecule has 0 radical (unpaired) electrons. The van der Waals surface area contributed by atoms with Crippen molar-refractivity contribution in [1.29, 1.82) is 0 Å². The maximum Gasteiger partial charge on any atom is 0.573 e. The molecule has 0 spiro atoms. The maximum absolute atomic E-state index is 12.2. The van der Waals surface area contributed by atoms with Gasteiger partial charge in [0.1, 0.15) is 17.2 Å². The summed E-state index contributed by atoms with van der Waals surface area (Å²) >= 11 is 1.59. The van der Waals surface area contributed by atoms with Crippen LogP contribution in [0, 0.1) is 0 Å². The third kappa shape index (κ3) is 5.65. The van der Waals surface area contributed by atoms with Gasteiger partial charge in [0, 0.05) is 17.0 Å². The van der Waals surface area contributed by atoms with Crippen molar-refractivity contribution >= 4 is 11.8 Å². The van der Waals surface area contributed by atoms with E-state index in [4.69, 9.17) is 4.74 Å². The largest absolute Gasteiger partial charge is 0.573 e. The number of benzene rings is 2. The summed E-state index contributed by atoms with van der Waals surface area (Å²) in [7, 11) is 3.91. The van der Waals surface area contributed by atoms with Crippen molar-refractivity contribution in [1.82, 2.24) is 4.90 Å². The van der Waals surface area contributed by atoms with Crippen LogP contribution in [-0.2, 0) is 6.54 Å². The van der Waals surface area contributed by atoms with E-state index in [-0.39, 0.29) is 5.75 Å². The van der Waals surface area contributed by atoms with E-state index in [2.05, 4.69) is 4.74 Å². The van der Waals surface area contributed by atoms with Gasteiger partial charge in [0.2, 0.25) is 0 Å². The lowest BCUT2D eigenvalue weighted by Crippen LogP contribution is -2.16. The molecule has 0 amide bonds. The van der Waals surface area contributed by atoms with Gasteiger partial charge in [-0.1, -0.05) is 6.07 Å². The molecule has 0 N–H and O–H groups in total. The second-order valence-electron chi connectivity index (χ2n) is 5.33. The number of thioether (sulfide) groups is 1. The van der Waals surface area contributed by atoms with E-state index < -0.39 is 6.36 Å². The van der Waals surface area contributed by atoms with Crippen LogP contribution in [-0.4, -0.2) is 31.6 Å². The van der Waals surface area contributed by atoms with Crippen LogP contribution in [0.15, 0.2) is 47.4 Å². The topological polar surface area (TPSA) is 21.7 Å². The molecular weight excluding hydrogens is 339 g/mol. The molecule has 0 aliphatic carbocycles. The Balaban J connectivity index is 2.20. The van der Waals surface area contributed by atoms with Crippen molar-refractivity contribution in [3.63, 3.8) is 0 Å². The van der Waals surface area contributed by atoms with Gasteiger partial charge in [-0.25, -0.2) is 0 Å². The molecule has 2 rings (SSSR count). The van der Waals surface area contributed by atoms with E-state index >= 15 is 0 Å². The zero-order valence-electron chi connectivity index (χ0n) is 13.6. The summed E-state index contributed by atoms with van der Waals surface area (Å²) in [6, 6.07) is 11.3. The van der Waals surface area contributed by atoms with Crippen LogP contribution in [0.4, 0.5) is 13.2 Å². The van der Waals surface area contributed by atoms with E-state index in [1.807, 2.05) is 43.5 Å². The Morgan fingerprint density at radius 3 is 2.17 bits per heavy atom. The first-order valence-electron chi connectivity index (χ1n) is 7.12. The summed E-state index contributed by atoms with van der Waals surface area (Å²) in [5.41, 5.74) is 0.994. The third-order valence-corrected chi connectivity index (χ3v) is 3.77.